The second-order valence-corrected chi connectivity index (χ2v) is 5.48. The monoisotopic (exact) mass is 267 g/mol. The molecule has 0 bridgehead atoms. The Hall–Kier alpha value is -0.840. The first-order valence-corrected chi connectivity index (χ1v) is 7.16. The highest BCUT2D eigenvalue weighted by Gasteiger charge is 2.16. The molecule has 1 unspecified atom stereocenters. The summed E-state index contributed by atoms with van der Waals surface area (Å²) >= 11 is 0. The summed E-state index contributed by atoms with van der Waals surface area (Å²) in [5.74, 6) is 1.93. The van der Waals surface area contributed by atoms with Crippen molar-refractivity contribution in [3.8, 4) is 0 Å². The standard InChI is InChI=1S/C15H25NO3/c1-11(2)16-8-15-7-13(12(3)19-15)9-17-10-14-5-4-6-18-14/h7,11,14,16H,4-6,8-10H2,1-3H3. The number of rotatable bonds is 7. The van der Waals surface area contributed by atoms with Gasteiger partial charge in [0.2, 0.25) is 0 Å². The molecule has 2 heterocycles. The van der Waals surface area contributed by atoms with Crippen LogP contribution in [0.1, 0.15) is 43.8 Å². The Kier molecular flexibility index (Phi) is 5.43. The maximum absolute atomic E-state index is 5.72. The number of aryl methyl sites for hydroxylation is 1. The first-order valence-electron chi connectivity index (χ1n) is 7.16. The molecule has 0 aliphatic carbocycles. The van der Waals surface area contributed by atoms with Crippen LogP contribution in [-0.4, -0.2) is 25.4 Å². The molecule has 108 valence electrons. The lowest BCUT2D eigenvalue weighted by atomic mass is 10.2. The topological polar surface area (TPSA) is 43.6 Å². The molecule has 0 saturated carbocycles. The van der Waals surface area contributed by atoms with Gasteiger partial charge in [-0.25, -0.2) is 0 Å². The van der Waals surface area contributed by atoms with Gasteiger partial charge in [0, 0.05) is 18.2 Å². The third-order valence-corrected chi connectivity index (χ3v) is 3.34. The Morgan fingerprint density at radius 1 is 1.47 bits per heavy atom. The van der Waals surface area contributed by atoms with Gasteiger partial charge in [0.25, 0.3) is 0 Å². The van der Waals surface area contributed by atoms with Gasteiger partial charge in [-0.2, -0.15) is 0 Å². The zero-order valence-electron chi connectivity index (χ0n) is 12.2. The summed E-state index contributed by atoms with van der Waals surface area (Å²) in [6.07, 6.45) is 2.56. The van der Waals surface area contributed by atoms with Crippen LogP contribution in [0.3, 0.4) is 0 Å². The molecule has 1 saturated heterocycles. The van der Waals surface area contributed by atoms with Gasteiger partial charge in [-0.05, 0) is 25.8 Å². The Labute approximate surface area is 115 Å². The molecule has 1 aromatic heterocycles. The normalized spacial score (nSPS) is 19.5. The summed E-state index contributed by atoms with van der Waals surface area (Å²) in [7, 11) is 0. The van der Waals surface area contributed by atoms with Crippen molar-refractivity contribution in [2.75, 3.05) is 13.2 Å². The van der Waals surface area contributed by atoms with E-state index in [-0.39, 0.29) is 6.10 Å². The summed E-state index contributed by atoms with van der Waals surface area (Å²) in [4.78, 5) is 0. The summed E-state index contributed by atoms with van der Waals surface area (Å²) in [6, 6.07) is 2.55. The highest BCUT2D eigenvalue weighted by molar-refractivity contribution is 5.19. The lowest BCUT2D eigenvalue weighted by molar-refractivity contribution is 0.0103. The van der Waals surface area contributed by atoms with Crippen molar-refractivity contribution in [2.24, 2.45) is 0 Å². The smallest absolute Gasteiger partial charge is 0.118 e. The minimum atomic E-state index is 0.286. The predicted octanol–water partition coefficient (Wildman–Crippen LogP) is 2.78. The minimum Gasteiger partial charge on any atom is -0.465 e. The fourth-order valence-electron chi connectivity index (χ4n) is 2.20. The van der Waals surface area contributed by atoms with Crippen LogP contribution in [0, 0.1) is 6.92 Å². The molecular formula is C15H25NO3. The van der Waals surface area contributed by atoms with Gasteiger partial charge >= 0.3 is 0 Å². The van der Waals surface area contributed by atoms with Crippen molar-refractivity contribution in [3.05, 3.63) is 23.2 Å². The molecule has 1 N–H and O–H groups in total. The lowest BCUT2D eigenvalue weighted by Crippen LogP contribution is -2.21. The second-order valence-electron chi connectivity index (χ2n) is 5.48. The fourth-order valence-corrected chi connectivity index (χ4v) is 2.20. The number of ether oxygens (including phenoxy) is 2. The Bertz CT molecular complexity index is 381. The summed E-state index contributed by atoms with van der Waals surface area (Å²) < 4.78 is 17.0. The molecule has 1 aromatic rings. The van der Waals surface area contributed by atoms with E-state index in [0.29, 0.717) is 19.3 Å². The molecule has 0 amide bonds. The molecule has 4 nitrogen and oxygen atoms in total. The van der Waals surface area contributed by atoms with Gasteiger partial charge in [-0.3, -0.25) is 0 Å². The number of furan rings is 1. The van der Waals surface area contributed by atoms with E-state index in [2.05, 4.69) is 25.2 Å². The molecule has 1 aliphatic heterocycles. The van der Waals surface area contributed by atoms with E-state index in [1.54, 1.807) is 0 Å². The van der Waals surface area contributed by atoms with Crippen LogP contribution in [0.15, 0.2) is 10.5 Å². The average molecular weight is 267 g/mol. The number of nitrogens with one attached hydrogen (secondary N) is 1. The highest BCUT2D eigenvalue weighted by atomic mass is 16.5. The zero-order valence-corrected chi connectivity index (χ0v) is 12.2. The average Bonchev–Trinajstić information content (AvgIpc) is 2.98. The third-order valence-electron chi connectivity index (χ3n) is 3.34. The first kappa shape index (κ1) is 14.6. The molecular weight excluding hydrogens is 242 g/mol. The number of hydrogen-bond acceptors (Lipinski definition) is 4. The van der Waals surface area contributed by atoms with Gasteiger partial charge < -0.3 is 19.2 Å². The van der Waals surface area contributed by atoms with Crippen LogP contribution in [0.4, 0.5) is 0 Å². The van der Waals surface area contributed by atoms with Crippen molar-refractivity contribution in [1.82, 2.24) is 5.32 Å². The molecule has 0 spiro atoms. The van der Waals surface area contributed by atoms with E-state index in [1.807, 2.05) is 6.92 Å². The first-order chi connectivity index (χ1) is 9.15. The Morgan fingerprint density at radius 2 is 2.32 bits per heavy atom. The van der Waals surface area contributed by atoms with Crippen LogP contribution in [0.25, 0.3) is 0 Å². The van der Waals surface area contributed by atoms with E-state index < -0.39 is 0 Å². The van der Waals surface area contributed by atoms with Gasteiger partial charge in [0.1, 0.15) is 11.5 Å². The Balaban J connectivity index is 1.76. The van der Waals surface area contributed by atoms with Gasteiger partial charge in [-0.15, -0.1) is 0 Å². The van der Waals surface area contributed by atoms with Gasteiger partial charge in [0.05, 0.1) is 25.9 Å². The summed E-state index contributed by atoms with van der Waals surface area (Å²) in [5, 5.41) is 3.35. The molecule has 19 heavy (non-hydrogen) atoms. The maximum atomic E-state index is 5.72. The van der Waals surface area contributed by atoms with Gasteiger partial charge in [0.15, 0.2) is 0 Å². The maximum Gasteiger partial charge on any atom is 0.118 e. The molecule has 0 radical (unpaired) electrons. The van der Waals surface area contributed by atoms with E-state index in [1.165, 1.54) is 0 Å². The van der Waals surface area contributed by atoms with Crippen molar-refractivity contribution in [2.45, 2.75) is 58.9 Å². The van der Waals surface area contributed by atoms with Gasteiger partial charge in [-0.1, -0.05) is 13.8 Å². The van der Waals surface area contributed by atoms with E-state index in [4.69, 9.17) is 13.9 Å². The third kappa shape index (κ3) is 4.64. The fraction of sp³-hybridized carbons (Fsp3) is 0.733. The lowest BCUT2D eigenvalue weighted by Gasteiger charge is -2.09. The van der Waals surface area contributed by atoms with Crippen LogP contribution < -0.4 is 5.32 Å². The Morgan fingerprint density at radius 3 is 3.00 bits per heavy atom. The van der Waals surface area contributed by atoms with Crippen LogP contribution >= 0.6 is 0 Å². The SMILES string of the molecule is Cc1oc(CNC(C)C)cc1COCC1CCCO1. The molecule has 2 rings (SSSR count). The minimum absolute atomic E-state index is 0.286. The van der Waals surface area contributed by atoms with Crippen molar-refractivity contribution in [1.29, 1.82) is 0 Å². The van der Waals surface area contributed by atoms with Crippen LogP contribution in [-0.2, 0) is 22.6 Å². The van der Waals surface area contributed by atoms with Crippen LogP contribution in [0.2, 0.25) is 0 Å². The predicted molar refractivity (Wildman–Crippen MR) is 74.1 cm³/mol. The highest BCUT2D eigenvalue weighted by Crippen LogP contribution is 2.17. The molecule has 4 heteroatoms. The largest absolute Gasteiger partial charge is 0.465 e. The number of hydrogen-bond donors (Lipinski definition) is 1. The summed E-state index contributed by atoms with van der Waals surface area (Å²) in [6.45, 7) is 9.18. The van der Waals surface area contributed by atoms with Crippen LogP contribution in [0.5, 0.6) is 0 Å². The molecule has 1 fully saturated rings. The summed E-state index contributed by atoms with van der Waals surface area (Å²) in [5.41, 5.74) is 1.14. The zero-order chi connectivity index (χ0) is 13.7. The van der Waals surface area contributed by atoms with Crippen molar-refractivity contribution in [3.63, 3.8) is 0 Å². The van der Waals surface area contributed by atoms with E-state index >= 15 is 0 Å². The van der Waals surface area contributed by atoms with Crippen molar-refractivity contribution < 1.29 is 13.9 Å². The van der Waals surface area contributed by atoms with E-state index in [0.717, 1.165) is 43.1 Å². The quantitative estimate of drug-likeness (QED) is 0.825. The molecule has 1 aliphatic rings. The van der Waals surface area contributed by atoms with E-state index in [9.17, 15) is 0 Å². The molecule has 0 aromatic carbocycles. The van der Waals surface area contributed by atoms with Crippen molar-refractivity contribution >= 4 is 0 Å². The second kappa shape index (κ2) is 7.08. The molecule has 1 atom stereocenters.